The molecule has 0 aliphatic heterocycles. The molecule has 0 saturated carbocycles. The number of hydrogen-bond donors (Lipinski definition) is 4. The molecule has 2 atom stereocenters. The molecule has 14 nitrogen and oxygen atoms in total. The molecule has 0 aromatic heterocycles. The molecule has 0 heterocycles. The number of nitrogens with one attached hydrogen (secondary N) is 4. The number of carbonyl (C=O) groups is 5. The Morgan fingerprint density at radius 2 is 1.58 bits per heavy atom. The first-order valence-corrected chi connectivity index (χ1v) is 16.9. The van der Waals surface area contributed by atoms with Gasteiger partial charge in [0.15, 0.2) is 5.72 Å². The average Bonchev–Trinajstić information content (AvgIpc) is 3.10. The molecule has 52 heavy (non-hydrogen) atoms. The molecule has 278 valence electrons. The lowest BCUT2D eigenvalue weighted by molar-refractivity contribution is -0.128. The van der Waals surface area contributed by atoms with Crippen LogP contribution in [0.25, 0.3) is 0 Å². The molecule has 3 aromatic rings. The Bertz CT molecular complexity index is 1730. The number of aryl methyl sites for hydroxylation is 1. The monoisotopic (exact) mass is 718 g/mol. The second-order valence-corrected chi connectivity index (χ2v) is 13.2. The molecule has 1 aliphatic rings. The summed E-state index contributed by atoms with van der Waals surface area (Å²) < 4.78 is 27.4. The highest BCUT2D eigenvalue weighted by Crippen LogP contribution is 2.38. The Morgan fingerprint density at radius 3 is 2.31 bits per heavy atom. The fourth-order valence-electron chi connectivity index (χ4n) is 5.40. The van der Waals surface area contributed by atoms with Crippen molar-refractivity contribution in [3.8, 4) is 11.5 Å². The summed E-state index contributed by atoms with van der Waals surface area (Å²) in [5, 5.41) is 10.7. The van der Waals surface area contributed by atoms with Gasteiger partial charge in [-0.25, -0.2) is 14.4 Å². The van der Waals surface area contributed by atoms with Crippen LogP contribution in [0.2, 0.25) is 0 Å². The maximum atomic E-state index is 12.9. The minimum Gasteiger partial charge on any atom is -0.457 e. The molecule has 4 rings (SSSR count). The summed E-state index contributed by atoms with van der Waals surface area (Å²) in [7, 11) is 1.19. The Balaban J connectivity index is 1.34. The number of amides is 4. The largest absolute Gasteiger partial charge is 0.510 e. The van der Waals surface area contributed by atoms with E-state index in [2.05, 4.69) is 21.3 Å². The van der Waals surface area contributed by atoms with Crippen molar-refractivity contribution in [3.63, 3.8) is 0 Å². The quantitative estimate of drug-likeness (QED) is 0.101. The summed E-state index contributed by atoms with van der Waals surface area (Å²) in [5.41, 5.74) is 0.914. The van der Waals surface area contributed by atoms with E-state index in [9.17, 15) is 24.0 Å². The lowest BCUT2D eigenvalue weighted by Crippen LogP contribution is -2.56. The van der Waals surface area contributed by atoms with Gasteiger partial charge in [-0.05, 0) is 57.4 Å². The van der Waals surface area contributed by atoms with E-state index < -0.39 is 47.5 Å². The van der Waals surface area contributed by atoms with Crippen molar-refractivity contribution in [1.29, 1.82) is 0 Å². The number of carbonyl (C=O) groups excluding carboxylic acids is 5. The summed E-state index contributed by atoms with van der Waals surface area (Å²) in [6.07, 6.45) is -1.60. The molecule has 4 amide bonds. The maximum Gasteiger partial charge on any atom is 0.510 e. The highest BCUT2D eigenvalue weighted by atomic mass is 16.7. The van der Waals surface area contributed by atoms with Gasteiger partial charge in [-0.15, -0.1) is 0 Å². The number of fused-ring (bicyclic) bond motifs is 1. The molecule has 0 unspecified atom stereocenters. The van der Waals surface area contributed by atoms with E-state index in [-0.39, 0.29) is 39.0 Å². The fraction of sp³-hybridized carbons (Fsp3) is 0.395. The van der Waals surface area contributed by atoms with Crippen LogP contribution in [0, 0.1) is 0 Å². The van der Waals surface area contributed by atoms with E-state index >= 15 is 0 Å². The predicted octanol–water partition coefficient (Wildman–Crippen LogP) is 5.41. The minimum absolute atomic E-state index is 0.0364. The number of hydrogen-bond acceptors (Lipinski definition) is 10. The molecular weight excluding hydrogens is 672 g/mol. The number of rotatable bonds is 13. The van der Waals surface area contributed by atoms with Gasteiger partial charge in [-0.3, -0.25) is 14.9 Å². The molecule has 0 fully saturated rings. The van der Waals surface area contributed by atoms with Gasteiger partial charge in [0, 0.05) is 43.5 Å². The summed E-state index contributed by atoms with van der Waals surface area (Å²) in [5.74, 6) is 0.0895. The van der Waals surface area contributed by atoms with Crippen molar-refractivity contribution < 1.29 is 47.7 Å². The average molecular weight is 719 g/mol. The van der Waals surface area contributed by atoms with Gasteiger partial charge in [0.25, 0.3) is 0 Å². The summed E-state index contributed by atoms with van der Waals surface area (Å²) in [4.78, 5) is 62.4. The lowest BCUT2D eigenvalue weighted by atomic mass is 9.85. The number of alkyl carbamates (subject to hydrolysis) is 2. The third-order valence-corrected chi connectivity index (χ3v) is 7.92. The van der Waals surface area contributed by atoms with Crippen LogP contribution >= 0.6 is 0 Å². The smallest absolute Gasteiger partial charge is 0.457 e. The molecule has 14 heteroatoms. The zero-order valence-electron chi connectivity index (χ0n) is 30.0. The molecule has 0 radical (unpaired) electrons. The van der Waals surface area contributed by atoms with E-state index in [1.54, 1.807) is 58.0 Å². The molecule has 3 aromatic carbocycles. The normalized spacial score (nSPS) is 15.5. The molecule has 4 N–H and O–H groups in total. The van der Waals surface area contributed by atoms with Gasteiger partial charge >= 0.3 is 18.3 Å². The molecule has 0 spiro atoms. The van der Waals surface area contributed by atoms with Crippen molar-refractivity contribution in [2.45, 2.75) is 83.9 Å². The van der Waals surface area contributed by atoms with Crippen LogP contribution in [0.5, 0.6) is 11.5 Å². The number of ether oxygens (including phenoxy) is 5. The van der Waals surface area contributed by atoms with E-state index in [4.69, 9.17) is 23.7 Å². The van der Waals surface area contributed by atoms with Crippen molar-refractivity contribution in [2.75, 3.05) is 13.7 Å². The fourth-order valence-corrected chi connectivity index (χ4v) is 5.40. The first-order chi connectivity index (χ1) is 24.8. The predicted molar refractivity (Wildman–Crippen MR) is 189 cm³/mol. The first kappa shape index (κ1) is 39.0. The van der Waals surface area contributed by atoms with Crippen molar-refractivity contribution in [1.82, 2.24) is 21.3 Å². The maximum absolute atomic E-state index is 12.9. The lowest BCUT2D eigenvalue weighted by Gasteiger charge is -2.38. The van der Waals surface area contributed by atoms with Gasteiger partial charge in [0.2, 0.25) is 11.8 Å². The highest BCUT2D eigenvalue weighted by Gasteiger charge is 2.42. The minimum atomic E-state index is -1.46. The van der Waals surface area contributed by atoms with Crippen LogP contribution in [0.3, 0.4) is 0 Å². The second-order valence-electron chi connectivity index (χ2n) is 13.2. The Hall–Kier alpha value is -5.79. The number of para-hydroxylation sites is 1. The Kier molecular flexibility index (Phi) is 13.4. The topological polar surface area (TPSA) is 180 Å². The van der Waals surface area contributed by atoms with Crippen molar-refractivity contribution in [3.05, 3.63) is 95.1 Å². The molecule has 0 saturated heterocycles. The number of benzene rings is 3. The number of methoxy groups -OCH3 is 1. The van der Waals surface area contributed by atoms with Gasteiger partial charge in [-0.2, -0.15) is 0 Å². The van der Waals surface area contributed by atoms with Crippen molar-refractivity contribution >= 4 is 30.2 Å². The van der Waals surface area contributed by atoms with Crippen LogP contribution in [-0.2, 0) is 54.5 Å². The van der Waals surface area contributed by atoms with Crippen LogP contribution in [0.4, 0.5) is 14.4 Å². The van der Waals surface area contributed by atoms with Gasteiger partial charge in [0.1, 0.15) is 29.7 Å². The van der Waals surface area contributed by atoms with Crippen LogP contribution < -0.4 is 26.0 Å². The van der Waals surface area contributed by atoms with Crippen LogP contribution in [-0.4, -0.2) is 61.2 Å². The van der Waals surface area contributed by atoms with E-state index in [0.29, 0.717) is 29.0 Å². The van der Waals surface area contributed by atoms with Gasteiger partial charge < -0.3 is 39.6 Å². The third kappa shape index (κ3) is 11.9. The van der Waals surface area contributed by atoms with E-state index in [0.717, 1.165) is 11.1 Å². The molecule has 0 bridgehead atoms. The zero-order valence-corrected chi connectivity index (χ0v) is 30.0. The third-order valence-electron chi connectivity index (χ3n) is 7.92. The summed E-state index contributed by atoms with van der Waals surface area (Å²) >= 11 is 0. The Morgan fingerprint density at radius 1 is 0.865 bits per heavy atom. The Labute approximate surface area is 302 Å². The van der Waals surface area contributed by atoms with E-state index in [1.807, 2.05) is 42.5 Å². The second kappa shape index (κ2) is 17.9. The first-order valence-electron chi connectivity index (χ1n) is 16.9. The zero-order chi connectivity index (χ0) is 37.7. The van der Waals surface area contributed by atoms with E-state index in [1.165, 1.54) is 7.11 Å². The summed E-state index contributed by atoms with van der Waals surface area (Å²) in [6.45, 7) is 6.99. The standard InChI is InChI=1S/C38H46N4O10/c1-25(41-32(43)19-21-39-34(45)49-24-26-12-7-6-8-13-26)33(44)40-23-28-14-9-10-16-30(28)50-31-17-11-15-27-18-20-38(22-29(27)31,52-36(47)48-5)42-35(46)51-37(2,3)4/h6-17,25H,18-24H2,1-5H3,(H,39,45)(H,40,44)(H,41,43)(H,42,46)/t25-,38+/m0/s1. The van der Waals surface area contributed by atoms with Gasteiger partial charge in [-0.1, -0.05) is 60.7 Å². The SMILES string of the molecule is COC(=O)O[C@]1(NC(=O)OC(C)(C)C)CCc2cccc(Oc3ccccc3CNC(=O)[C@H](C)NC(=O)CCNC(=O)OCc3ccccc3)c2C1. The van der Waals surface area contributed by atoms with Crippen LogP contribution in [0.15, 0.2) is 72.8 Å². The molecule has 1 aliphatic carbocycles. The summed E-state index contributed by atoms with van der Waals surface area (Å²) in [6, 6.07) is 21.1. The van der Waals surface area contributed by atoms with Crippen molar-refractivity contribution in [2.24, 2.45) is 0 Å². The van der Waals surface area contributed by atoms with Crippen LogP contribution in [0.1, 0.15) is 62.8 Å². The highest BCUT2D eigenvalue weighted by molar-refractivity contribution is 5.87. The van der Waals surface area contributed by atoms with Gasteiger partial charge in [0.05, 0.1) is 7.11 Å². The molecular formula is C38H46N4O10.